The van der Waals surface area contributed by atoms with Crippen molar-refractivity contribution in [1.29, 1.82) is 0 Å². The van der Waals surface area contributed by atoms with Crippen LogP contribution in [-0.2, 0) is 4.79 Å². The van der Waals surface area contributed by atoms with E-state index in [0.29, 0.717) is 30.6 Å². The molecule has 1 amide bonds. The van der Waals surface area contributed by atoms with Gasteiger partial charge in [0.2, 0.25) is 0 Å². The van der Waals surface area contributed by atoms with Crippen LogP contribution in [0.3, 0.4) is 0 Å². The Bertz CT molecular complexity index is 860. The first-order chi connectivity index (χ1) is 13.3. The van der Waals surface area contributed by atoms with E-state index in [1.807, 2.05) is 0 Å². The summed E-state index contributed by atoms with van der Waals surface area (Å²) in [7, 11) is 0. The Morgan fingerprint density at radius 3 is 2.29 bits per heavy atom. The second kappa shape index (κ2) is 8.46. The fraction of sp³-hybridized carbons (Fsp3) is 0.333. The van der Waals surface area contributed by atoms with Gasteiger partial charge >= 0.3 is 5.97 Å². The Hall–Kier alpha value is -2.83. The molecular formula is C21H20F3NO3. The molecular weight excluding hydrogens is 371 g/mol. The van der Waals surface area contributed by atoms with Crippen LogP contribution in [0.2, 0.25) is 0 Å². The van der Waals surface area contributed by atoms with E-state index in [2.05, 4.69) is 0 Å². The van der Waals surface area contributed by atoms with Gasteiger partial charge in [-0.15, -0.1) is 0 Å². The normalized spacial score (nSPS) is 16.8. The molecule has 0 saturated carbocycles. The van der Waals surface area contributed by atoms with Crippen molar-refractivity contribution in [3.63, 3.8) is 0 Å². The van der Waals surface area contributed by atoms with Gasteiger partial charge in [-0.1, -0.05) is 12.1 Å². The van der Waals surface area contributed by atoms with E-state index in [0.717, 1.165) is 25.0 Å². The molecule has 3 rings (SSSR count). The predicted molar refractivity (Wildman–Crippen MR) is 97.2 cm³/mol. The van der Waals surface area contributed by atoms with Gasteiger partial charge in [0, 0.05) is 25.1 Å². The van der Waals surface area contributed by atoms with Gasteiger partial charge in [-0.05, 0) is 60.6 Å². The lowest BCUT2D eigenvalue weighted by atomic mass is 9.93. The van der Waals surface area contributed by atoms with Gasteiger partial charge in [0.05, 0.1) is 0 Å². The van der Waals surface area contributed by atoms with Crippen molar-refractivity contribution in [3.05, 3.63) is 59.4 Å². The Morgan fingerprint density at radius 1 is 1.04 bits per heavy atom. The number of hydrogen-bond acceptors (Lipinski definition) is 2. The Kier molecular flexibility index (Phi) is 6.02. The summed E-state index contributed by atoms with van der Waals surface area (Å²) in [5.41, 5.74) is 1.08. The molecule has 0 radical (unpaired) electrons. The summed E-state index contributed by atoms with van der Waals surface area (Å²) in [5.74, 6) is -4.89. The molecule has 148 valence electrons. The molecule has 1 N–H and O–H groups in total. The molecule has 1 aliphatic heterocycles. The number of carbonyl (C=O) groups excluding carboxylic acids is 1. The van der Waals surface area contributed by atoms with Crippen molar-refractivity contribution in [2.24, 2.45) is 5.92 Å². The lowest BCUT2D eigenvalue weighted by Crippen LogP contribution is -2.40. The van der Waals surface area contributed by atoms with E-state index >= 15 is 0 Å². The third-order valence-electron chi connectivity index (χ3n) is 5.02. The summed E-state index contributed by atoms with van der Waals surface area (Å²) in [6.07, 6.45) is 2.35. The number of hydrogen-bond donors (Lipinski definition) is 1. The third-order valence-corrected chi connectivity index (χ3v) is 5.02. The van der Waals surface area contributed by atoms with Gasteiger partial charge < -0.3 is 10.0 Å². The summed E-state index contributed by atoms with van der Waals surface area (Å²) >= 11 is 0. The van der Waals surface area contributed by atoms with Crippen LogP contribution in [0, 0.1) is 23.4 Å². The maximum atomic E-state index is 13.4. The number of nitrogens with zero attached hydrogens (tertiary/aromatic N) is 1. The van der Waals surface area contributed by atoms with Gasteiger partial charge in [-0.3, -0.25) is 9.59 Å². The molecule has 1 aliphatic rings. The highest BCUT2D eigenvalue weighted by Crippen LogP contribution is 2.26. The molecule has 2 aromatic carbocycles. The molecule has 1 heterocycles. The van der Waals surface area contributed by atoms with E-state index in [4.69, 9.17) is 5.11 Å². The molecule has 0 aliphatic carbocycles. The molecule has 0 aromatic heterocycles. The standard InChI is InChI=1S/C21H20F3NO3/c22-17-10-16(11-18(23)20(17)24)14-4-6-15(7-5-14)21(28)25-9-1-2-13(12-25)3-8-19(26)27/h4-7,10-11,13H,1-3,8-9,12H2,(H,26,27). The number of aliphatic carboxylic acids is 1. The fourth-order valence-electron chi connectivity index (χ4n) is 3.52. The van der Waals surface area contributed by atoms with Crippen LogP contribution in [0.15, 0.2) is 36.4 Å². The number of benzene rings is 2. The van der Waals surface area contributed by atoms with Crippen LogP contribution in [0.4, 0.5) is 13.2 Å². The van der Waals surface area contributed by atoms with E-state index in [-0.39, 0.29) is 23.8 Å². The van der Waals surface area contributed by atoms with Gasteiger partial charge in [-0.2, -0.15) is 0 Å². The number of carboxylic acids is 1. The number of piperidine rings is 1. The molecule has 4 nitrogen and oxygen atoms in total. The molecule has 28 heavy (non-hydrogen) atoms. The Labute approximate surface area is 160 Å². The van der Waals surface area contributed by atoms with Crippen molar-refractivity contribution >= 4 is 11.9 Å². The Morgan fingerprint density at radius 2 is 1.68 bits per heavy atom. The molecule has 1 saturated heterocycles. The van der Waals surface area contributed by atoms with Crippen molar-refractivity contribution < 1.29 is 27.9 Å². The molecule has 7 heteroatoms. The van der Waals surface area contributed by atoms with Gasteiger partial charge in [0.1, 0.15) is 0 Å². The molecule has 0 spiro atoms. The average Bonchev–Trinajstić information content (AvgIpc) is 2.70. The largest absolute Gasteiger partial charge is 0.481 e. The minimum absolute atomic E-state index is 0.0895. The van der Waals surface area contributed by atoms with E-state index < -0.39 is 23.4 Å². The van der Waals surface area contributed by atoms with Gasteiger partial charge in [0.15, 0.2) is 17.5 Å². The first-order valence-corrected chi connectivity index (χ1v) is 9.11. The van der Waals surface area contributed by atoms with Crippen LogP contribution in [0.1, 0.15) is 36.0 Å². The monoisotopic (exact) mass is 391 g/mol. The van der Waals surface area contributed by atoms with E-state index in [9.17, 15) is 22.8 Å². The van der Waals surface area contributed by atoms with Crippen LogP contribution < -0.4 is 0 Å². The highest BCUT2D eigenvalue weighted by atomic mass is 19.2. The second-order valence-corrected chi connectivity index (χ2v) is 7.02. The van der Waals surface area contributed by atoms with Gasteiger partial charge in [-0.25, -0.2) is 13.2 Å². The number of likely N-dealkylation sites (tertiary alicyclic amines) is 1. The molecule has 2 aromatic rings. The van der Waals surface area contributed by atoms with Gasteiger partial charge in [0.25, 0.3) is 5.91 Å². The van der Waals surface area contributed by atoms with Crippen LogP contribution in [0.5, 0.6) is 0 Å². The number of rotatable bonds is 5. The first-order valence-electron chi connectivity index (χ1n) is 9.11. The number of carbonyl (C=O) groups is 2. The summed E-state index contributed by atoms with van der Waals surface area (Å²) in [6, 6.07) is 8.08. The lowest BCUT2D eigenvalue weighted by molar-refractivity contribution is -0.137. The van der Waals surface area contributed by atoms with E-state index in [1.54, 1.807) is 29.2 Å². The van der Waals surface area contributed by atoms with Crippen LogP contribution in [-0.4, -0.2) is 35.0 Å². The van der Waals surface area contributed by atoms with Crippen molar-refractivity contribution in [2.45, 2.75) is 25.7 Å². The van der Waals surface area contributed by atoms with Crippen LogP contribution in [0.25, 0.3) is 11.1 Å². The molecule has 1 fully saturated rings. The first kappa shape index (κ1) is 19.9. The summed E-state index contributed by atoms with van der Waals surface area (Å²) in [5, 5.41) is 8.82. The minimum Gasteiger partial charge on any atom is -0.481 e. The number of carboxylic acid groups (broad SMARTS) is 1. The maximum absolute atomic E-state index is 13.4. The summed E-state index contributed by atoms with van der Waals surface area (Å²) in [4.78, 5) is 25.2. The smallest absolute Gasteiger partial charge is 0.303 e. The molecule has 1 atom stereocenters. The van der Waals surface area contributed by atoms with Crippen molar-refractivity contribution in [3.8, 4) is 11.1 Å². The molecule has 1 unspecified atom stereocenters. The topological polar surface area (TPSA) is 57.6 Å². The zero-order chi connectivity index (χ0) is 20.3. The quantitative estimate of drug-likeness (QED) is 0.764. The van der Waals surface area contributed by atoms with E-state index in [1.165, 1.54) is 0 Å². The third kappa shape index (κ3) is 4.52. The predicted octanol–water partition coefficient (Wildman–Crippen LogP) is 4.49. The average molecular weight is 391 g/mol. The van der Waals surface area contributed by atoms with Crippen LogP contribution >= 0.6 is 0 Å². The van der Waals surface area contributed by atoms with Crippen molar-refractivity contribution in [2.75, 3.05) is 13.1 Å². The summed E-state index contributed by atoms with van der Waals surface area (Å²) < 4.78 is 39.9. The minimum atomic E-state index is -1.52. The highest BCUT2D eigenvalue weighted by Gasteiger charge is 2.25. The number of halogens is 3. The number of amides is 1. The SMILES string of the molecule is O=C(O)CCC1CCCN(C(=O)c2ccc(-c3cc(F)c(F)c(F)c3)cc2)C1. The Balaban J connectivity index is 1.71. The maximum Gasteiger partial charge on any atom is 0.303 e. The molecule has 0 bridgehead atoms. The fourth-order valence-corrected chi connectivity index (χ4v) is 3.52. The second-order valence-electron chi connectivity index (χ2n) is 7.02. The summed E-state index contributed by atoms with van der Waals surface area (Å²) in [6.45, 7) is 1.13. The zero-order valence-electron chi connectivity index (χ0n) is 15.1. The zero-order valence-corrected chi connectivity index (χ0v) is 15.1. The van der Waals surface area contributed by atoms with Crippen molar-refractivity contribution in [1.82, 2.24) is 4.90 Å². The lowest BCUT2D eigenvalue weighted by Gasteiger charge is -2.32. The highest BCUT2D eigenvalue weighted by molar-refractivity contribution is 5.94.